The normalized spacial score (nSPS) is 11.6. The molecule has 20 heavy (non-hydrogen) atoms. The summed E-state index contributed by atoms with van der Waals surface area (Å²) in [5.41, 5.74) is 4.99. The van der Waals surface area contributed by atoms with Crippen molar-refractivity contribution in [3.05, 3.63) is 27.5 Å². The molecule has 0 aliphatic rings. The zero-order valence-corrected chi connectivity index (χ0v) is 12.4. The monoisotopic (exact) mass is 337 g/mol. The predicted molar refractivity (Wildman–Crippen MR) is 76.8 cm³/mol. The molecule has 2 heterocycles. The molecule has 2 rings (SSSR count). The van der Waals surface area contributed by atoms with Crippen LogP contribution in [0.25, 0.3) is 9.88 Å². The highest BCUT2D eigenvalue weighted by atomic mass is 35.5. The van der Waals surface area contributed by atoms with Gasteiger partial charge in [-0.3, -0.25) is 4.79 Å². The second-order valence-electron chi connectivity index (χ2n) is 3.88. The number of amides is 1. The number of nitrogens with two attached hydrogens (primary N) is 1. The molecular weight excluding hydrogens is 328 g/mol. The zero-order valence-electron chi connectivity index (χ0n) is 10.0. The highest BCUT2D eigenvalue weighted by molar-refractivity contribution is 7.23. The molecule has 0 unspecified atom stereocenters. The Bertz CT molecular complexity index is 614. The molecule has 0 radical (unpaired) electrons. The van der Waals surface area contributed by atoms with Crippen molar-refractivity contribution in [2.45, 2.75) is 5.92 Å². The third-order valence-electron chi connectivity index (χ3n) is 2.33. The number of hydrogen-bond donors (Lipinski definition) is 2. The topological polar surface area (TPSA) is 68.0 Å². The van der Waals surface area contributed by atoms with Crippen LogP contribution < -0.4 is 11.1 Å². The van der Waals surface area contributed by atoms with E-state index in [9.17, 15) is 13.6 Å². The second kappa shape index (κ2) is 6.13. The molecule has 2 aromatic rings. The van der Waals surface area contributed by atoms with Crippen LogP contribution in [0.2, 0.25) is 4.34 Å². The van der Waals surface area contributed by atoms with E-state index in [1.165, 1.54) is 28.1 Å². The quantitative estimate of drug-likeness (QED) is 0.881. The van der Waals surface area contributed by atoms with Crippen LogP contribution in [-0.2, 0) is 0 Å². The van der Waals surface area contributed by atoms with Gasteiger partial charge in [-0.05, 0) is 12.1 Å². The maximum absolute atomic E-state index is 12.9. The maximum Gasteiger partial charge on any atom is 0.277 e. The number of carbonyl (C=O) groups excluding carboxylic acids is 1. The smallest absolute Gasteiger partial charge is 0.277 e. The Balaban J connectivity index is 2.03. The molecule has 0 atom stereocenters. The summed E-state index contributed by atoms with van der Waals surface area (Å²) in [4.78, 5) is 16.6. The zero-order chi connectivity index (χ0) is 14.8. The van der Waals surface area contributed by atoms with Crippen LogP contribution >= 0.6 is 34.3 Å². The lowest BCUT2D eigenvalue weighted by Gasteiger charge is -2.13. The van der Waals surface area contributed by atoms with E-state index in [1.807, 2.05) is 0 Å². The number of alkyl halides is 2. The van der Waals surface area contributed by atoms with E-state index in [2.05, 4.69) is 10.3 Å². The number of aromatic nitrogens is 1. The molecule has 108 valence electrons. The van der Waals surface area contributed by atoms with E-state index in [0.29, 0.717) is 9.34 Å². The van der Waals surface area contributed by atoms with Crippen LogP contribution in [0.15, 0.2) is 17.5 Å². The molecule has 1 amide bonds. The number of carbonyl (C=O) groups is 1. The molecule has 2 aromatic heterocycles. The summed E-state index contributed by atoms with van der Waals surface area (Å²) in [6.07, 6.45) is 0. The molecule has 0 aliphatic carbocycles. The molecule has 9 heteroatoms. The summed E-state index contributed by atoms with van der Waals surface area (Å²) >= 11 is 8.40. The second-order valence-corrected chi connectivity index (χ2v) is 6.46. The van der Waals surface area contributed by atoms with Gasteiger partial charge in [-0.2, -0.15) is 0 Å². The van der Waals surface area contributed by atoms with Gasteiger partial charge in [0, 0.05) is 5.38 Å². The van der Waals surface area contributed by atoms with Gasteiger partial charge in [0.05, 0.1) is 22.3 Å². The van der Waals surface area contributed by atoms with Gasteiger partial charge in [-0.15, -0.1) is 22.7 Å². The first kappa shape index (κ1) is 15.3. The van der Waals surface area contributed by atoms with Crippen molar-refractivity contribution in [1.29, 1.82) is 0 Å². The predicted octanol–water partition coefficient (Wildman–Crippen LogP) is 2.85. The number of nitrogens with one attached hydrogen (secondary N) is 1. The average molecular weight is 338 g/mol. The Hall–Kier alpha value is -1.09. The van der Waals surface area contributed by atoms with Gasteiger partial charge in [0.2, 0.25) is 0 Å². The summed E-state index contributed by atoms with van der Waals surface area (Å²) in [7, 11) is 0. The number of nitrogens with zero attached hydrogens (tertiary/aromatic N) is 1. The Labute approximate surface area is 126 Å². The van der Waals surface area contributed by atoms with E-state index < -0.39 is 24.9 Å². The lowest BCUT2D eigenvalue weighted by molar-refractivity contribution is 0.0118. The molecular formula is C11H10ClF2N3OS2. The van der Waals surface area contributed by atoms with Gasteiger partial charge in [-0.25, -0.2) is 13.8 Å². The van der Waals surface area contributed by atoms with Crippen molar-refractivity contribution in [3.63, 3.8) is 0 Å². The standard InChI is InChI=1S/C11H10ClF2N3OS2/c12-8-2-1-7(20-8)10-17-6(3-19-10)9(18)16-5-11(13,14)4-15/h1-3H,4-5,15H2,(H,16,18). The maximum atomic E-state index is 12.9. The van der Waals surface area contributed by atoms with Gasteiger partial charge in [0.25, 0.3) is 11.8 Å². The number of thiazole rings is 1. The Kier molecular flexibility index (Phi) is 4.69. The lowest BCUT2D eigenvalue weighted by Crippen LogP contribution is -2.41. The molecule has 0 aromatic carbocycles. The van der Waals surface area contributed by atoms with Gasteiger partial charge < -0.3 is 11.1 Å². The van der Waals surface area contributed by atoms with Crippen molar-refractivity contribution in [1.82, 2.24) is 10.3 Å². The molecule has 0 fully saturated rings. The molecule has 0 saturated heterocycles. The van der Waals surface area contributed by atoms with Crippen LogP contribution in [0.4, 0.5) is 8.78 Å². The summed E-state index contributed by atoms with van der Waals surface area (Å²) in [5, 5.41) is 4.25. The van der Waals surface area contributed by atoms with E-state index in [-0.39, 0.29) is 5.69 Å². The minimum Gasteiger partial charge on any atom is -0.345 e. The first-order valence-corrected chi connectivity index (χ1v) is 7.56. The van der Waals surface area contributed by atoms with E-state index in [4.69, 9.17) is 17.3 Å². The summed E-state index contributed by atoms with van der Waals surface area (Å²) in [5.74, 6) is -3.77. The van der Waals surface area contributed by atoms with Crippen LogP contribution in [-0.4, -0.2) is 29.9 Å². The van der Waals surface area contributed by atoms with Crippen LogP contribution in [0.3, 0.4) is 0 Å². The minimum atomic E-state index is -3.12. The molecule has 0 bridgehead atoms. The average Bonchev–Trinajstić information content (AvgIpc) is 3.04. The summed E-state index contributed by atoms with van der Waals surface area (Å²) in [6.45, 7) is -1.62. The Morgan fingerprint density at radius 3 is 2.85 bits per heavy atom. The van der Waals surface area contributed by atoms with Crippen molar-refractivity contribution < 1.29 is 13.6 Å². The highest BCUT2D eigenvalue weighted by Gasteiger charge is 2.27. The van der Waals surface area contributed by atoms with Crippen molar-refractivity contribution in [2.75, 3.05) is 13.1 Å². The first-order valence-electron chi connectivity index (χ1n) is 5.48. The fourth-order valence-corrected chi connectivity index (χ4v) is 3.21. The third-order valence-corrected chi connectivity index (χ3v) is 4.57. The minimum absolute atomic E-state index is 0.0994. The largest absolute Gasteiger partial charge is 0.345 e. The Morgan fingerprint density at radius 1 is 1.50 bits per heavy atom. The molecule has 4 nitrogen and oxygen atoms in total. The van der Waals surface area contributed by atoms with Crippen LogP contribution in [0, 0.1) is 0 Å². The summed E-state index contributed by atoms with van der Waals surface area (Å²) < 4.78 is 26.5. The van der Waals surface area contributed by atoms with Crippen molar-refractivity contribution in [2.24, 2.45) is 5.73 Å². The van der Waals surface area contributed by atoms with Gasteiger partial charge in [-0.1, -0.05) is 11.6 Å². The third kappa shape index (κ3) is 3.72. The number of thiophene rings is 1. The SMILES string of the molecule is NCC(F)(F)CNC(=O)c1csc(-c2ccc(Cl)s2)n1. The van der Waals surface area contributed by atoms with E-state index in [1.54, 1.807) is 12.1 Å². The van der Waals surface area contributed by atoms with Gasteiger partial charge >= 0.3 is 0 Å². The van der Waals surface area contributed by atoms with Gasteiger partial charge in [0.15, 0.2) is 0 Å². The molecule has 3 N–H and O–H groups in total. The molecule has 0 spiro atoms. The number of rotatable bonds is 5. The van der Waals surface area contributed by atoms with Crippen molar-refractivity contribution in [3.8, 4) is 9.88 Å². The first-order chi connectivity index (χ1) is 9.41. The van der Waals surface area contributed by atoms with Gasteiger partial charge in [0.1, 0.15) is 10.7 Å². The number of hydrogen-bond acceptors (Lipinski definition) is 5. The van der Waals surface area contributed by atoms with Crippen LogP contribution in [0.1, 0.15) is 10.5 Å². The van der Waals surface area contributed by atoms with E-state index >= 15 is 0 Å². The highest BCUT2D eigenvalue weighted by Crippen LogP contribution is 2.32. The molecule has 0 saturated carbocycles. The fourth-order valence-electron chi connectivity index (χ4n) is 1.29. The summed E-state index contributed by atoms with van der Waals surface area (Å²) in [6, 6.07) is 3.51. The van der Waals surface area contributed by atoms with Crippen molar-refractivity contribution >= 4 is 40.2 Å². The lowest BCUT2D eigenvalue weighted by atomic mass is 10.3. The Morgan fingerprint density at radius 2 is 2.25 bits per heavy atom. The van der Waals surface area contributed by atoms with Crippen LogP contribution in [0.5, 0.6) is 0 Å². The fraction of sp³-hybridized carbons (Fsp3) is 0.273. The molecule has 0 aliphatic heterocycles. The number of halogens is 3. The van der Waals surface area contributed by atoms with E-state index in [0.717, 1.165) is 4.88 Å².